The number of aliphatic hydroxyl groups is 2. The zero-order valence-corrected chi connectivity index (χ0v) is 14.3. The molecule has 0 spiro atoms. The Morgan fingerprint density at radius 3 is 2.40 bits per heavy atom. The molecule has 1 fully saturated rings. The molecule has 130 valence electrons. The summed E-state index contributed by atoms with van der Waals surface area (Å²) in [6.07, 6.45) is 1.54. The van der Waals surface area contributed by atoms with Gasteiger partial charge < -0.3 is 15.1 Å². The number of hydrogen-bond donors (Lipinski definition) is 2. The van der Waals surface area contributed by atoms with Gasteiger partial charge in [-0.15, -0.1) is 0 Å². The Hall–Kier alpha value is -2.19. The lowest BCUT2D eigenvalue weighted by Crippen LogP contribution is -2.36. The number of piperidine rings is 1. The van der Waals surface area contributed by atoms with E-state index in [4.69, 9.17) is 5.26 Å². The van der Waals surface area contributed by atoms with Gasteiger partial charge in [-0.3, -0.25) is 0 Å². The van der Waals surface area contributed by atoms with Gasteiger partial charge in [0, 0.05) is 6.54 Å². The van der Waals surface area contributed by atoms with E-state index in [9.17, 15) is 10.2 Å². The van der Waals surface area contributed by atoms with Gasteiger partial charge in [0.05, 0.1) is 24.3 Å². The lowest BCUT2D eigenvalue weighted by Gasteiger charge is -2.34. The van der Waals surface area contributed by atoms with Crippen LogP contribution in [0.1, 0.15) is 47.1 Å². The molecule has 4 heteroatoms. The van der Waals surface area contributed by atoms with E-state index in [-0.39, 0.29) is 6.61 Å². The molecule has 0 bridgehead atoms. The molecule has 2 N–H and O–H groups in total. The van der Waals surface area contributed by atoms with E-state index in [0.717, 1.165) is 37.1 Å². The maximum atomic E-state index is 10.4. The molecule has 1 aliphatic heterocycles. The highest BCUT2D eigenvalue weighted by Crippen LogP contribution is 2.31. The van der Waals surface area contributed by atoms with Crippen LogP contribution >= 0.6 is 0 Å². The molecule has 1 aliphatic rings. The van der Waals surface area contributed by atoms with Gasteiger partial charge in [0.1, 0.15) is 0 Å². The van der Waals surface area contributed by atoms with E-state index in [2.05, 4.69) is 17.0 Å². The third-order valence-electron chi connectivity index (χ3n) is 5.11. The number of rotatable bonds is 5. The van der Waals surface area contributed by atoms with Crippen LogP contribution in [-0.2, 0) is 6.61 Å². The highest BCUT2D eigenvalue weighted by atomic mass is 16.3. The van der Waals surface area contributed by atoms with Gasteiger partial charge in [-0.25, -0.2) is 0 Å². The number of benzene rings is 2. The summed E-state index contributed by atoms with van der Waals surface area (Å²) in [7, 11) is 0. The van der Waals surface area contributed by atoms with Crippen LogP contribution in [0.25, 0.3) is 0 Å². The standard InChI is InChI=1S/C21H24N2O2/c22-13-16-5-7-18(8-6-16)21(25)14-23-11-9-17(10-12-23)20-4-2-1-3-19(20)15-24/h1-8,17,21,24-25H,9-12,14-15H2. The SMILES string of the molecule is N#Cc1ccc(C(O)CN2CCC(c3ccccc3CO)CC2)cc1. The maximum Gasteiger partial charge on any atom is 0.0991 e. The number of hydrogen-bond acceptors (Lipinski definition) is 4. The van der Waals surface area contributed by atoms with E-state index in [0.29, 0.717) is 18.0 Å². The second-order valence-corrected chi connectivity index (χ2v) is 6.68. The molecule has 1 heterocycles. The van der Waals surface area contributed by atoms with Crippen molar-refractivity contribution in [2.45, 2.75) is 31.5 Å². The molecule has 0 aromatic heterocycles. The largest absolute Gasteiger partial charge is 0.392 e. The second-order valence-electron chi connectivity index (χ2n) is 6.68. The molecule has 0 radical (unpaired) electrons. The first-order chi connectivity index (χ1) is 12.2. The molecule has 1 atom stereocenters. The first-order valence-electron chi connectivity index (χ1n) is 8.80. The fourth-order valence-electron chi connectivity index (χ4n) is 3.63. The quantitative estimate of drug-likeness (QED) is 0.881. The summed E-state index contributed by atoms with van der Waals surface area (Å²) in [6.45, 7) is 2.59. The predicted octanol–water partition coefficient (Wildman–Crippen LogP) is 2.96. The summed E-state index contributed by atoms with van der Waals surface area (Å²) in [5.74, 6) is 0.478. The fourth-order valence-corrected chi connectivity index (χ4v) is 3.63. The van der Waals surface area contributed by atoms with Gasteiger partial charge in [0.25, 0.3) is 0 Å². The van der Waals surface area contributed by atoms with E-state index in [1.807, 2.05) is 30.3 Å². The molecule has 0 amide bonds. The van der Waals surface area contributed by atoms with Crippen LogP contribution in [0.4, 0.5) is 0 Å². The van der Waals surface area contributed by atoms with Gasteiger partial charge in [-0.1, -0.05) is 36.4 Å². The van der Waals surface area contributed by atoms with Crippen LogP contribution in [0.15, 0.2) is 48.5 Å². The summed E-state index contributed by atoms with van der Waals surface area (Å²) in [4.78, 5) is 2.29. The minimum Gasteiger partial charge on any atom is -0.392 e. The zero-order valence-electron chi connectivity index (χ0n) is 14.3. The van der Waals surface area contributed by atoms with Crippen molar-refractivity contribution in [1.29, 1.82) is 5.26 Å². The minimum atomic E-state index is -0.533. The number of aliphatic hydroxyl groups excluding tert-OH is 2. The van der Waals surface area contributed by atoms with Gasteiger partial charge >= 0.3 is 0 Å². The molecule has 3 rings (SSSR count). The Kier molecular flexibility index (Phi) is 5.83. The van der Waals surface area contributed by atoms with Crippen molar-refractivity contribution in [3.63, 3.8) is 0 Å². The summed E-state index contributed by atoms with van der Waals surface area (Å²) in [5.41, 5.74) is 3.75. The molecule has 0 aliphatic carbocycles. The minimum absolute atomic E-state index is 0.0911. The molecule has 0 saturated carbocycles. The Bertz CT molecular complexity index is 728. The molecule has 2 aromatic rings. The van der Waals surface area contributed by atoms with Crippen LogP contribution < -0.4 is 0 Å². The Balaban J connectivity index is 1.56. The van der Waals surface area contributed by atoms with Crippen molar-refractivity contribution in [2.75, 3.05) is 19.6 Å². The molecule has 1 saturated heterocycles. The van der Waals surface area contributed by atoms with E-state index in [1.165, 1.54) is 5.56 Å². The van der Waals surface area contributed by atoms with Gasteiger partial charge in [0.2, 0.25) is 0 Å². The van der Waals surface area contributed by atoms with Crippen LogP contribution in [0.2, 0.25) is 0 Å². The molecule has 4 nitrogen and oxygen atoms in total. The monoisotopic (exact) mass is 336 g/mol. The zero-order chi connectivity index (χ0) is 17.6. The average Bonchev–Trinajstić information content (AvgIpc) is 2.68. The third kappa shape index (κ3) is 4.26. The van der Waals surface area contributed by atoms with Gasteiger partial charge in [0.15, 0.2) is 0 Å². The summed E-state index contributed by atoms with van der Waals surface area (Å²) in [5, 5.41) is 28.8. The third-order valence-corrected chi connectivity index (χ3v) is 5.11. The average molecular weight is 336 g/mol. The van der Waals surface area contributed by atoms with Gasteiger partial charge in [-0.2, -0.15) is 5.26 Å². The topological polar surface area (TPSA) is 67.5 Å². The number of nitrogens with zero attached hydrogens (tertiary/aromatic N) is 2. The molecule has 1 unspecified atom stereocenters. The van der Waals surface area contributed by atoms with Crippen LogP contribution in [0.5, 0.6) is 0 Å². The van der Waals surface area contributed by atoms with E-state index in [1.54, 1.807) is 12.1 Å². The number of nitriles is 1. The summed E-state index contributed by atoms with van der Waals surface area (Å²) in [6, 6.07) is 17.4. The van der Waals surface area contributed by atoms with Crippen molar-refractivity contribution in [3.8, 4) is 6.07 Å². The Labute approximate surface area is 149 Å². The highest BCUT2D eigenvalue weighted by Gasteiger charge is 2.23. The van der Waals surface area contributed by atoms with Crippen LogP contribution in [0, 0.1) is 11.3 Å². The molecule has 25 heavy (non-hydrogen) atoms. The summed E-state index contributed by atoms with van der Waals surface area (Å²) < 4.78 is 0. The summed E-state index contributed by atoms with van der Waals surface area (Å²) >= 11 is 0. The lowest BCUT2D eigenvalue weighted by molar-refractivity contribution is 0.0971. The van der Waals surface area contributed by atoms with E-state index >= 15 is 0 Å². The van der Waals surface area contributed by atoms with Gasteiger partial charge in [-0.05, 0) is 60.7 Å². The van der Waals surface area contributed by atoms with Crippen LogP contribution in [0.3, 0.4) is 0 Å². The molecule has 2 aromatic carbocycles. The number of likely N-dealkylation sites (tertiary alicyclic amines) is 1. The molecular formula is C21H24N2O2. The fraction of sp³-hybridized carbons (Fsp3) is 0.381. The Morgan fingerprint density at radius 1 is 1.08 bits per heavy atom. The van der Waals surface area contributed by atoms with E-state index < -0.39 is 6.10 Å². The van der Waals surface area contributed by atoms with Crippen molar-refractivity contribution in [1.82, 2.24) is 4.90 Å². The first kappa shape index (κ1) is 17.6. The van der Waals surface area contributed by atoms with Crippen molar-refractivity contribution in [2.24, 2.45) is 0 Å². The number of β-amino-alcohol motifs (C(OH)–C–C–N with tert-alkyl or cyclic N) is 1. The smallest absolute Gasteiger partial charge is 0.0991 e. The first-order valence-corrected chi connectivity index (χ1v) is 8.80. The Morgan fingerprint density at radius 2 is 1.76 bits per heavy atom. The van der Waals surface area contributed by atoms with Crippen molar-refractivity contribution >= 4 is 0 Å². The van der Waals surface area contributed by atoms with Crippen molar-refractivity contribution in [3.05, 3.63) is 70.8 Å². The normalized spacial score (nSPS) is 17.2. The second kappa shape index (κ2) is 8.26. The predicted molar refractivity (Wildman–Crippen MR) is 96.9 cm³/mol. The molecular weight excluding hydrogens is 312 g/mol. The maximum absolute atomic E-state index is 10.4. The van der Waals surface area contributed by atoms with Crippen molar-refractivity contribution < 1.29 is 10.2 Å². The highest BCUT2D eigenvalue weighted by molar-refractivity contribution is 5.33. The van der Waals surface area contributed by atoms with Crippen LogP contribution in [-0.4, -0.2) is 34.7 Å². The lowest BCUT2D eigenvalue weighted by atomic mass is 9.86.